The van der Waals surface area contributed by atoms with Crippen LogP contribution in [0.15, 0.2) is 48.5 Å². The van der Waals surface area contributed by atoms with Crippen LogP contribution in [-0.2, 0) is 11.3 Å². The maximum absolute atomic E-state index is 12.7. The molecule has 1 aliphatic heterocycles. The van der Waals surface area contributed by atoms with Gasteiger partial charge in [0.15, 0.2) is 17.3 Å². The molecule has 31 heavy (non-hydrogen) atoms. The van der Waals surface area contributed by atoms with E-state index in [2.05, 4.69) is 36.1 Å². The Bertz CT molecular complexity index is 884. The van der Waals surface area contributed by atoms with Crippen LogP contribution in [0, 0.1) is 0 Å². The van der Waals surface area contributed by atoms with Gasteiger partial charge in [0.1, 0.15) is 0 Å². The second-order valence-corrected chi connectivity index (χ2v) is 8.03. The molecule has 0 saturated carbocycles. The molecule has 1 fully saturated rings. The highest BCUT2D eigenvalue weighted by molar-refractivity contribution is 5.94. The second kappa shape index (κ2) is 11.0. The number of benzene rings is 2. The van der Waals surface area contributed by atoms with E-state index in [9.17, 15) is 9.59 Å². The molecule has 166 valence electrons. The van der Waals surface area contributed by atoms with Gasteiger partial charge in [-0.1, -0.05) is 30.3 Å². The van der Waals surface area contributed by atoms with Crippen LogP contribution in [0.3, 0.4) is 0 Å². The number of methoxy groups -OCH3 is 1. The fraction of sp³-hybridized carbons (Fsp3) is 0.440. The first-order valence-corrected chi connectivity index (χ1v) is 10.9. The molecular weight excluding hydrogens is 392 g/mol. The fourth-order valence-corrected chi connectivity index (χ4v) is 3.94. The number of amides is 1. The molecule has 1 atom stereocenters. The topological polar surface area (TPSA) is 59.1 Å². The van der Waals surface area contributed by atoms with E-state index in [1.54, 1.807) is 25.3 Å². The first-order chi connectivity index (χ1) is 15.0. The molecule has 0 spiro atoms. The van der Waals surface area contributed by atoms with Crippen molar-refractivity contribution in [2.45, 2.75) is 39.3 Å². The molecule has 1 aliphatic rings. The minimum absolute atomic E-state index is 0.0200. The van der Waals surface area contributed by atoms with Gasteiger partial charge in [-0.3, -0.25) is 14.5 Å². The van der Waals surface area contributed by atoms with Crippen molar-refractivity contribution in [3.63, 3.8) is 0 Å². The first kappa shape index (κ1) is 22.8. The standard InChI is InChI=1S/C25H32N2O4/c1-19-17-26(18-21-8-5-4-6-9-21)13-14-27(19)25(29)10-7-15-31-23-12-11-22(20(2)28)16-24(23)30-3/h4-6,8-9,11-12,16,19H,7,10,13-15,17-18H2,1-3H3/t19-/m1/s1. The van der Waals surface area contributed by atoms with Crippen LogP contribution in [0.2, 0.25) is 0 Å². The highest BCUT2D eigenvalue weighted by atomic mass is 16.5. The van der Waals surface area contributed by atoms with E-state index in [-0.39, 0.29) is 17.7 Å². The van der Waals surface area contributed by atoms with E-state index in [1.165, 1.54) is 12.5 Å². The first-order valence-electron chi connectivity index (χ1n) is 10.9. The Hall–Kier alpha value is -2.86. The van der Waals surface area contributed by atoms with Crippen molar-refractivity contribution < 1.29 is 19.1 Å². The minimum atomic E-state index is -0.0200. The number of ketones is 1. The Morgan fingerprint density at radius 2 is 1.84 bits per heavy atom. The molecule has 6 heteroatoms. The van der Waals surface area contributed by atoms with Crippen LogP contribution in [0.25, 0.3) is 0 Å². The van der Waals surface area contributed by atoms with Crippen molar-refractivity contribution >= 4 is 11.7 Å². The van der Waals surface area contributed by atoms with Gasteiger partial charge >= 0.3 is 0 Å². The van der Waals surface area contributed by atoms with Crippen LogP contribution in [0.1, 0.15) is 42.6 Å². The summed E-state index contributed by atoms with van der Waals surface area (Å²) in [5.41, 5.74) is 1.89. The molecule has 6 nitrogen and oxygen atoms in total. The van der Waals surface area contributed by atoms with Crippen LogP contribution in [0.4, 0.5) is 0 Å². The lowest BCUT2D eigenvalue weighted by Crippen LogP contribution is -2.53. The van der Waals surface area contributed by atoms with Crippen molar-refractivity contribution in [3.8, 4) is 11.5 Å². The van der Waals surface area contributed by atoms with Crippen molar-refractivity contribution in [1.82, 2.24) is 9.80 Å². The Morgan fingerprint density at radius 3 is 2.52 bits per heavy atom. The van der Waals surface area contributed by atoms with Gasteiger partial charge in [0.05, 0.1) is 13.7 Å². The summed E-state index contributed by atoms with van der Waals surface area (Å²) < 4.78 is 11.1. The smallest absolute Gasteiger partial charge is 0.223 e. The molecule has 3 rings (SSSR count). The van der Waals surface area contributed by atoms with Gasteiger partial charge < -0.3 is 14.4 Å². The zero-order valence-electron chi connectivity index (χ0n) is 18.7. The lowest BCUT2D eigenvalue weighted by molar-refractivity contribution is -0.136. The SMILES string of the molecule is COc1cc(C(C)=O)ccc1OCCCC(=O)N1CCN(Cc2ccccc2)C[C@H]1C. The van der Waals surface area contributed by atoms with E-state index >= 15 is 0 Å². The summed E-state index contributed by atoms with van der Waals surface area (Å²) in [6, 6.07) is 15.8. The van der Waals surface area contributed by atoms with Gasteiger partial charge in [0.2, 0.25) is 5.91 Å². The number of carbonyl (C=O) groups excluding carboxylic acids is 2. The van der Waals surface area contributed by atoms with Crippen molar-refractivity contribution in [2.75, 3.05) is 33.4 Å². The molecule has 0 aliphatic carbocycles. The van der Waals surface area contributed by atoms with E-state index in [0.29, 0.717) is 36.5 Å². The third-order valence-corrected chi connectivity index (χ3v) is 5.64. The molecule has 0 radical (unpaired) electrons. The Balaban J connectivity index is 1.42. The van der Waals surface area contributed by atoms with E-state index in [4.69, 9.17) is 9.47 Å². The second-order valence-electron chi connectivity index (χ2n) is 8.03. The Morgan fingerprint density at radius 1 is 1.06 bits per heavy atom. The predicted molar refractivity (Wildman–Crippen MR) is 121 cm³/mol. The number of piperazine rings is 1. The van der Waals surface area contributed by atoms with Crippen LogP contribution in [-0.4, -0.2) is 60.9 Å². The van der Waals surface area contributed by atoms with Crippen LogP contribution < -0.4 is 9.47 Å². The Labute approximate surface area is 184 Å². The third kappa shape index (κ3) is 6.31. The number of hydrogen-bond donors (Lipinski definition) is 0. The molecule has 0 bridgehead atoms. The van der Waals surface area contributed by atoms with Gasteiger partial charge in [0.25, 0.3) is 0 Å². The summed E-state index contributed by atoms with van der Waals surface area (Å²) in [4.78, 5) is 28.6. The molecule has 2 aromatic carbocycles. The summed E-state index contributed by atoms with van der Waals surface area (Å²) in [5.74, 6) is 1.27. The normalized spacial score (nSPS) is 16.7. The quantitative estimate of drug-likeness (QED) is 0.453. The van der Waals surface area contributed by atoms with Gasteiger partial charge in [-0.25, -0.2) is 0 Å². The largest absolute Gasteiger partial charge is 0.493 e. The van der Waals surface area contributed by atoms with Gasteiger partial charge in [-0.15, -0.1) is 0 Å². The lowest BCUT2D eigenvalue weighted by Gasteiger charge is -2.40. The highest BCUT2D eigenvalue weighted by Crippen LogP contribution is 2.28. The summed E-state index contributed by atoms with van der Waals surface area (Å²) in [6.07, 6.45) is 1.09. The number of hydrogen-bond acceptors (Lipinski definition) is 5. The molecular formula is C25H32N2O4. The minimum Gasteiger partial charge on any atom is -0.493 e. The molecule has 0 unspecified atom stereocenters. The maximum atomic E-state index is 12.7. The molecule has 1 amide bonds. The summed E-state index contributed by atoms with van der Waals surface area (Å²) in [6.45, 7) is 7.51. The summed E-state index contributed by atoms with van der Waals surface area (Å²) in [7, 11) is 1.55. The van der Waals surface area contributed by atoms with Crippen molar-refractivity contribution in [3.05, 3.63) is 59.7 Å². The number of carbonyl (C=O) groups is 2. The van der Waals surface area contributed by atoms with Crippen molar-refractivity contribution in [2.24, 2.45) is 0 Å². The molecule has 1 saturated heterocycles. The monoisotopic (exact) mass is 424 g/mol. The Kier molecular flexibility index (Phi) is 8.06. The lowest BCUT2D eigenvalue weighted by atomic mass is 10.1. The number of Topliss-reactive ketones (excluding diaryl/α,β-unsaturated/α-hetero) is 1. The molecule has 1 heterocycles. The fourth-order valence-electron chi connectivity index (χ4n) is 3.94. The zero-order chi connectivity index (χ0) is 22.2. The summed E-state index contributed by atoms with van der Waals surface area (Å²) >= 11 is 0. The van der Waals surface area contributed by atoms with Crippen molar-refractivity contribution in [1.29, 1.82) is 0 Å². The van der Waals surface area contributed by atoms with E-state index in [0.717, 1.165) is 26.2 Å². The van der Waals surface area contributed by atoms with Gasteiger partial charge in [-0.2, -0.15) is 0 Å². The van der Waals surface area contributed by atoms with E-state index in [1.807, 2.05) is 11.0 Å². The number of rotatable bonds is 9. The zero-order valence-corrected chi connectivity index (χ0v) is 18.7. The third-order valence-electron chi connectivity index (χ3n) is 5.64. The maximum Gasteiger partial charge on any atom is 0.223 e. The average Bonchev–Trinajstić information content (AvgIpc) is 2.77. The molecule has 0 aromatic heterocycles. The molecule has 2 aromatic rings. The van der Waals surface area contributed by atoms with Crippen LogP contribution in [0.5, 0.6) is 11.5 Å². The van der Waals surface area contributed by atoms with Gasteiger partial charge in [0, 0.05) is 44.2 Å². The number of nitrogens with zero attached hydrogens (tertiary/aromatic N) is 2. The van der Waals surface area contributed by atoms with E-state index < -0.39 is 0 Å². The van der Waals surface area contributed by atoms with Gasteiger partial charge in [-0.05, 0) is 44.0 Å². The average molecular weight is 425 g/mol. The predicted octanol–water partition coefficient (Wildman–Crippen LogP) is 3.79. The highest BCUT2D eigenvalue weighted by Gasteiger charge is 2.27. The van der Waals surface area contributed by atoms with Crippen LogP contribution >= 0.6 is 0 Å². The number of ether oxygens (including phenoxy) is 2. The molecule has 0 N–H and O–H groups in total. The summed E-state index contributed by atoms with van der Waals surface area (Å²) in [5, 5.41) is 0.